The average molecular weight is 210 g/mol. The summed E-state index contributed by atoms with van der Waals surface area (Å²) in [6, 6.07) is 1.65. The molecule has 1 saturated carbocycles. The minimum absolute atomic E-state index is 0.338. The summed E-state index contributed by atoms with van der Waals surface area (Å²) < 4.78 is 0. The molecule has 2 aliphatic rings. The highest BCUT2D eigenvalue weighted by Crippen LogP contribution is 2.28. The summed E-state index contributed by atoms with van der Waals surface area (Å²) in [5.74, 6) is 0. The van der Waals surface area contributed by atoms with Crippen LogP contribution in [0.5, 0.6) is 0 Å². The first-order valence-electron chi connectivity index (χ1n) is 6.49. The lowest BCUT2D eigenvalue weighted by Gasteiger charge is -2.50. The number of rotatable bonds is 1. The molecule has 1 aliphatic heterocycles. The summed E-state index contributed by atoms with van der Waals surface area (Å²) >= 11 is 0. The summed E-state index contributed by atoms with van der Waals surface area (Å²) in [6.45, 7) is 13.2. The summed E-state index contributed by atoms with van der Waals surface area (Å²) in [5, 5.41) is 0. The molecule has 0 aromatic heterocycles. The Hall–Kier alpha value is -0.0800. The van der Waals surface area contributed by atoms with Crippen LogP contribution in [0.3, 0.4) is 0 Å². The van der Waals surface area contributed by atoms with Gasteiger partial charge in [0.25, 0.3) is 0 Å². The van der Waals surface area contributed by atoms with Crippen LogP contribution in [0.4, 0.5) is 0 Å². The molecule has 1 aliphatic carbocycles. The van der Waals surface area contributed by atoms with Crippen LogP contribution < -0.4 is 0 Å². The van der Waals surface area contributed by atoms with Gasteiger partial charge in [-0.05, 0) is 40.5 Å². The van der Waals surface area contributed by atoms with Gasteiger partial charge in [0, 0.05) is 37.3 Å². The fraction of sp³-hybridized carbons (Fsp3) is 1.00. The molecule has 15 heavy (non-hydrogen) atoms. The third-order valence-electron chi connectivity index (χ3n) is 4.11. The van der Waals surface area contributed by atoms with Crippen LogP contribution in [-0.2, 0) is 0 Å². The maximum Gasteiger partial charge on any atom is 0.0200 e. The lowest BCUT2D eigenvalue weighted by molar-refractivity contribution is -0.0129. The highest BCUT2D eigenvalue weighted by molar-refractivity contribution is 4.91. The molecule has 0 spiro atoms. The molecule has 2 fully saturated rings. The first-order valence-corrected chi connectivity index (χ1v) is 6.49. The Labute approximate surface area is 94.6 Å². The Morgan fingerprint density at radius 2 is 1.73 bits per heavy atom. The van der Waals surface area contributed by atoms with Gasteiger partial charge < -0.3 is 0 Å². The smallest absolute Gasteiger partial charge is 0.0200 e. The third kappa shape index (κ3) is 2.36. The quantitative estimate of drug-likeness (QED) is 0.655. The van der Waals surface area contributed by atoms with E-state index in [-0.39, 0.29) is 0 Å². The van der Waals surface area contributed by atoms with Crippen molar-refractivity contribution in [1.82, 2.24) is 9.80 Å². The van der Waals surface area contributed by atoms with Crippen LogP contribution in [0, 0.1) is 0 Å². The Kier molecular flexibility index (Phi) is 3.09. The number of hydrogen-bond donors (Lipinski definition) is 0. The van der Waals surface area contributed by atoms with E-state index in [1.54, 1.807) is 0 Å². The molecule has 88 valence electrons. The normalized spacial score (nSPS) is 31.6. The minimum Gasteiger partial charge on any atom is -0.298 e. The monoisotopic (exact) mass is 210 g/mol. The van der Waals surface area contributed by atoms with Gasteiger partial charge in [0.1, 0.15) is 0 Å². The summed E-state index contributed by atoms with van der Waals surface area (Å²) in [7, 11) is 0. The summed E-state index contributed by atoms with van der Waals surface area (Å²) in [6.07, 6.45) is 4.35. The summed E-state index contributed by atoms with van der Waals surface area (Å²) in [4.78, 5) is 5.37. The van der Waals surface area contributed by atoms with Crippen LogP contribution in [-0.4, -0.2) is 47.1 Å². The second-order valence-corrected chi connectivity index (χ2v) is 6.29. The number of hydrogen-bond acceptors (Lipinski definition) is 2. The minimum atomic E-state index is 0.338. The van der Waals surface area contributed by atoms with Crippen molar-refractivity contribution in [2.45, 2.75) is 64.6 Å². The molecule has 0 aromatic carbocycles. The largest absolute Gasteiger partial charge is 0.298 e. The van der Waals surface area contributed by atoms with E-state index < -0.39 is 0 Å². The van der Waals surface area contributed by atoms with E-state index in [0.29, 0.717) is 5.54 Å². The zero-order valence-corrected chi connectivity index (χ0v) is 10.8. The molecule has 0 amide bonds. The van der Waals surface area contributed by atoms with Crippen molar-refractivity contribution in [3.63, 3.8) is 0 Å². The molecule has 1 atom stereocenters. The van der Waals surface area contributed by atoms with Gasteiger partial charge in [-0.15, -0.1) is 0 Å². The van der Waals surface area contributed by atoms with Gasteiger partial charge in [0.2, 0.25) is 0 Å². The van der Waals surface area contributed by atoms with E-state index >= 15 is 0 Å². The molecule has 2 rings (SSSR count). The van der Waals surface area contributed by atoms with Crippen molar-refractivity contribution < 1.29 is 0 Å². The van der Waals surface area contributed by atoms with E-state index in [1.165, 1.54) is 38.9 Å². The average Bonchev–Trinajstić information content (AvgIpc) is 1.97. The zero-order valence-electron chi connectivity index (χ0n) is 10.8. The maximum atomic E-state index is 2.72. The number of piperazine rings is 1. The van der Waals surface area contributed by atoms with Crippen molar-refractivity contribution in [3.05, 3.63) is 0 Å². The van der Waals surface area contributed by atoms with Gasteiger partial charge >= 0.3 is 0 Å². The van der Waals surface area contributed by atoms with Crippen molar-refractivity contribution in [1.29, 1.82) is 0 Å². The van der Waals surface area contributed by atoms with Gasteiger partial charge in [-0.1, -0.05) is 6.42 Å². The molecule has 0 aromatic rings. The maximum absolute atomic E-state index is 2.72. The summed E-state index contributed by atoms with van der Waals surface area (Å²) in [5.41, 5.74) is 0.338. The van der Waals surface area contributed by atoms with Gasteiger partial charge in [0.05, 0.1) is 0 Å². The molecule has 1 heterocycles. The fourth-order valence-corrected chi connectivity index (χ4v) is 3.07. The number of nitrogens with zero attached hydrogens (tertiary/aromatic N) is 2. The second kappa shape index (κ2) is 4.06. The van der Waals surface area contributed by atoms with Gasteiger partial charge in [-0.3, -0.25) is 9.80 Å². The Bertz CT molecular complexity index is 215. The SMILES string of the molecule is CC1CN(C2CCC2)CCN1C(C)(C)C. The van der Waals surface area contributed by atoms with Gasteiger partial charge in [-0.25, -0.2) is 0 Å². The molecule has 1 saturated heterocycles. The molecular formula is C13H26N2. The molecule has 2 heteroatoms. The van der Waals surface area contributed by atoms with Crippen molar-refractivity contribution in [2.24, 2.45) is 0 Å². The van der Waals surface area contributed by atoms with Crippen LogP contribution >= 0.6 is 0 Å². The molecule has 0 bridgehead atoms. The van der Waals surface area contributed by atoms with E-state index in [2.05, 4.69) is 37.5 Å². The molecular weight excluding hydrogens is 184 g/mol. The van der Waals surface area contributed by atoms with Crippen LogP contribution in [0.2, 0.25) is 0 Å². The Morgan fingerprint density at radius 3 is 2.13 bits per heavy atom. The lowest BCUT2D eigenvalue weighted by Crippen LogP contribution is -2.60. The van der Waals surface area contributed by atoms with E-state index in [9.17, 15) is 0 Å². The van der Waals surface area contributed by atoms with Crippen molar-refractivity contribution in [3.8, 4) is 0 Å². The first-order chi connectivity index (χ1) is 6.98. The topological polar surface area (TPSA) is 6.48 Å². The highest BCUT2D eigenvalue weighted by atomic mass is 15.3. The second-order valence-electron chi connectivity index (χ2n) is 6.29. The molecule has 1 unspecified atom stereocenters. The Morgan fingerprint density at radius 1 is 1.07 bits per heavy atom. The molecule has 2 nitrogen and oxygen atoms in total. The first kappa shape index (κ1) is 11.4. The molecule has 0 N–H and O–H groups in total. The lowest BCUT2D eigenvalue weighted by atomic mass is 9.90. The third-order valence-corrected chi connectivity index (χ3v) is 4.11. The van der Waals surface area contributed by atoms with Gasteiger partial charge in [-0.2, -0.15) is 0 Å². The van der Waals surface area contributed by atoms with Crippen LogP contribution in [0.15, 0.2) is 0 Å². The van der Waals surface area contributed by atoms with E-state index in [4.69, 9.17) is 0 Å². The Balaban J connectivity index is 1.90. The standard InChI is InChI=1S/C13H26N2/c1-11-10-14(12-6-5-7-12)8-9-15(11)13(2,3)4/h11-12H,5-10H2,1-4H3. The van der Waals surface area contributed by atoms with E-state index in [0.717, 1.165) is 12.1 Å². The van der Waals surface area contributed by atoms with Crippen molar-refractivity contribution >= 4 is 0 Å². The predicted molar refractivity (Wildman–Crippen MR) is 65.1 cm³/mol. The fourth-order valence-electron chi connectivity index (χ4n) is 3.07. The van der Waals surface area contributed by atoms with Crippen molar-refractivity contribution in [2.75, 3.05) is 19.6 Å². The van der Waals surface area contributed by atoms with E-state index in [1.807, 2.05) is 0 Å². The highest BCUT2D eigenvalue weighted by Gasteiger charge is 2.35. The zero-order chi connectivity index (χ0) is 11.1. The predicted octanol–water partition coefficient (Wildman–Crippen LogP) is 2.34. The molecule has 0 radical (unpaired) electrons. The van der Waals surface area contributed by atoms with Crippen LogP contribution in [0.25, 0.3) is 0 Å². The van der Waals surface area contributed by atoms with Crippen LogP contribution in [0.1, 0.15) is 47.0 Å². The van der Waals surface area contributed by atoms with Gasteiger partial charge in [0.15, 0.2) is 0 Å².